The van der Waals surface area contributed by atoms with Gasteiger partial charge in [0, 0.05) is 52.3 Å². The molecule has 1 amide bonds. The molecular formula is C21H35N3O5S. The molecule has 0 saturated carbocycles. The first-order valence-corrected chi connectivity index (χ1v) is 12.1. The topological polar surface area (TPSA) is 88.2 Å². The molecule has 1 aliphatic heterocycles. The molecule has 1 N–H and O–H groups in total. The third-order valence-corrected chi connectivity index (χ3v) is 6.73. The summed E-state index contributed by atoms with van der Waals surface area (Å²) in [7, 11) is -3.72. The van der Waals surface area contributed by atoms with E-state index in [1.165, 1.54) is 4.31 Å². The predicted molar refractivity (Wildman–Crippen MR) is 116 cm³/mol. The zero-order valence-corrected chi connectivity index (χ0v) is 19.1. The number of carbonyl (C=O) groups excluding carboxylic acids is 1. The van der Waals surface area contributed by atoms with Crippen LogP contribution in [0.15, 0.2) is 29.2 Å². The van der Waals surface area contributed by atoms with Crippen LogP contribution in [0.2, 0.25) is 0 Å². The lowest BCUT2D eigenvalue weighted by Gasteiger charge is -2.29. The van der Waals surface area contributed by atoms with E-state index in [1.807, 2.05) is 20.8 Å². The minimum Gasteiger partial charge on any atom is -0.494 e. The fraction of sp³-hybridized carbons (Fsp3) is 0.667. The fourth-order valence-corrected chi connectivity index (χ4v) is 4.71. The number of hydrogen-bond acceptors (Lipinski definition) is 6. The summed E-state index contributed by atoms with van der Waals surface area (Å²) in [5.74, 6) is 0.615. The van der Waals surface area contributed by atoms with Gasteiger partial charge in [-0.05, 0) is 51.5 Å². The third-order valence-electron chi connectivity index (χ3n) is 4.82. The number of rotatable bonds is 12. The maximum atomic E-state index is 13.2. The van der Waals surface area contributed by atoms with E-state index in [1.54, 1.807) is 29.2 Å². The summed E-state index contributed by atoms with van der Waals surface area (Å²) in [6, 6.07) is 6.41. The van der Waals surface area contributed by atoms with Gasteiger partial charge < -0.3 is 19.7 Å². The first-order valence-electron chi connectivity index (χ1n) is 10.7. The normalized spacial score (nSPS) is 15.0. The molecule has 0 bridgehead atoms. The van der Waals surface area contributed by atoms with Crippen LogP contribution < -0.4 is 10.1 Å². The van der Waals surface area contributed by atoms with Gasteiger partial charge in [-0.1, -0.05) is 0 Å². The van der Waals surface area contributed by atoms with Crippen molar-refractivity contribution < 1.29 is 22.7 Å². The van der Waals surface area contributed by atoms with Gasteiger partial charge in [0.2, 0.25) is 15.9 Å². The number of benzene rings is 1. The summed E-state index contributed by atoms with van der Waals surface area (Å²) < 4.78 is 38.8. The van der Waals surface area contributed by atoms with Crippen LogP contribution in [0.3, 0.4) is 0 Å². The highest BCUT2D eigenvalue weighted by Gasteiger charge is 2.26. The van der Waals surface area contributed by atoms with Crippen molar-refractivity contribution in [2.75, 3.05) is 52.5 Å². The van der Waals surface area contributed by atoms with Crippen LogP contribution in [0.1, 0.15) is 33.6 Å². The Morgan fingerprint density at radius 3 is 2.43 bits per heavy atom. The molecule has 0 spiro atoms. The molecule has 0 unspecified atom stereocenters. The Bertz CT molecular complexity index is 746. The van der Waals surface area contributed by atoms with Crippen LogP contribution in [-0.2, 0) is 19.6 Å². The Morgan fingerprint density at radius 2 is 1.83 bits per heavy atom. The van der Waals surface area contributed by atoms with Crippen LogP contribution in [0, 0.1) is 0 Å². The maximum absolute atomic E-state index is 13.2. The van der Waals surface area contributed by atoms with E-state index in [0.717, 1.165) is 13.1 Å². The maximum Gasteiger partial charge on any atom is 0.243 e. The highest BCUT2D eigenvalue weighted by molar-refractivity contribution is 7.89. The number of hydrogen-bond donors (Lipinski definition) is 1. The summed E-state index contributed by atoms with van der Waals surface area (Å²) in [5, 5.41) is 3.21. The summed E-state index contributed by atoms with van der Waals surface area (Å²) in [6.07, 6.45) is 0.827. The standard InChI is InChI=1S/C21H35N3O5S/c1-4-28-19-6-8-20(9-7-19)30(26,27)24(13-5-17-29-18(2)3)14-10-21(25)23-15-11-22-12-16-23/h6-9,18,22H,4-5,10-17H2,1-3H3. The predicted octanol–water partition coefficient (Wildman–Crippen LogP) is 1.71. The quantitative estimate of drug-likeness (QED) is 0.497. The molecule has 1 aromatic rings. The molecule has 0 atom stereocenters. The van der Waals surface area contributed by atoms with Gasteiger partial charge in [-0.15, -0.1) is 0 Å². The number of nitrogens with zero attached hydrogens (tertiary/aromatic N) is 2. The summed E-state index contributed by atoms with van der Waals surface area (Å²) >= 11 is 0. The van der Waals surface area contributed by atoms with E-state index in [0.29, 0.717) is 45.0 Å². The summed E-state index contributed by atoms with van der Waals surface area (Å²) in [6.45, 7) is 10.1. The van der Waals surface area contributed by atoms with Crippen molar-refractivity contribution in [2.24, 2.45) is 0 Å². The molecule has 0 aliphatic carbocycles. The number of ether oxygens (including phenoxy) is 2. The van der Waals surface area contributed by atoms with Crippen LogP contribution >= 0.6 is 0 Å². The smallest absolute Gasteiger partial charge is 0.243 e. The van der Waals surface area contributed by atoms with E-state index in [4.69, 9.17) is 9.47 Å². The minimum absolute atomic E-state index is 0.0122. The zero-order valence-electron chi connectivity index (χ0n) is 18.3. The second-order valence-electron chi connectivity index (χ2n) is 7.46. The van der Waals surface area contributed by atoms with Gasteiger partial charge in [0.1, 0.15) is 5.75 Å². The van der Waals surface area contributed by atoms with Gasteiger partial charge in [0.15, 0.2) is 0 Å². The molecule has 1 aliphatic rings. The summed E-state index contributed by atoms with van der Waals surface area (Å²) in [4.78, 5) is 14.5. The van der Waals surface area contributed by atoms with Gasteiger partial charge in [-0.2, -0.15) is 4.31 Å². The van der Waals surface area contributed by atoms with Gasteiger partial charge in [-0.25, -0.2) is 8.42 Å². The molecule has 0 radical (unpaired) electrons. The van der Waals surface area contributed by atoms with Crippen LogP contribution in [0.25, 0.3) is 0 Å². The molecule has 30 heavy (non-hydrogen) atoms. The first kappa shape index (κ1) is 24.6. The lowest BCUT2D eigenvalue weighted by atomic mass is 10.3. The lowest BCUT2D eigenvalue weighted by Crippen LogP contribution is -2.47. The lowest BCUT2D eigenvalue weighted by molar-refractivity contribution is -0.131. The molecular weight excluding hydrogens is 406 g/mol. The first-order chi connectivity index (χ1) is 14.3. The molecule has 0 aromatic heterocycles. The Morgan fingerprint density at radius 1 is 1.17 bits per heavy atom. The molecule has 8 nitrogen and oxygen atoms in total. The highest BCUT2D eigenvalue weighted by Crippen LogP contribution is 2.20. The van der Waals surface area contributed by atoms with Crippen LogP contribution in [0.4, 0.5) is 0 Å². The third kappa shape index (κ3) is 7.54. The van der Waals surface area contributed by atoms with Crippen molar-refractivity contribution in [2.45, 2.75) is 44.6 Å². The van der Waals surface area contributed by atoms with E-state index >= 15 is 0 Å². The average Bonchev–Trinajstić information content (AvgIpc) is 2.74. The van der Waals surface area contributed by atoms with Crippen LogP contribution in [-0.4, -0.2) is 82.1 Å². The second-order valence-corrected chi connectivity index (χ2v) is 9.40. The van der Waals surface area contributed by atoms with Crippen molar-refractivity contribution in [1.82, 2.24) is 14.5 Å². The highest BCUT2D eigenvalue weighted by atomic mass is 32.2. The number of nitrogens with one attached hydrogen (secondary N) is 1. The van der Waals surface area contributed by atoms with E-state index in [2.05, 4.69) is 5.32 Å². The van der Waals surface area contributed by atoms with Crippen molar-refractivity contribution >= 4 is 15.9 Å². The zero-order chi connectivity index (χ0) is 22.0. The molecule has 170 valence electrons. The Kier molecular flexibility index (Phi) is 10.0. The van der Waals surface area contributed by atoms with Crippen molar-refractivity contribution in [3.63, 3.8) is 0 Å². The molecule has 9 heteroatoms. The SMILES string of the molecule is CCOc1ccc(S(=O)(=O)N(CCCOC(C)C)CCC(=O)N2CCNCC2)cc1. The van der Waals surface area contributed by atoms with E-state index < -0.39 is 10.0 Å². The average molecular weight is 442 g/mol. The Hall–Kier alpha value is -1.68. The van der Waals surface area contributed by atoms with E-state index in [-0.39, 0.29) is 29.9 Å². The van der Waals surface area contributed by atoms with Crippen LogP contribution in [0.5, 0.6) is 5.75 Å². The molecule has 2 rings (SSSR count). The monoisotopic (exact) mass is 441 g/mol. The number of amides is 1. The van der Waals surface area contributed by atoms with Gasteiger partial charge in [0.05, 0.1) is 17.6 Å². The molecule has 1 heterocycles. The van der Waals surface area contributed by atoms with Crippen molar-refractivity contribution in [1.29, 1.82) is 0 Å². The van der Waals surface area contributed by atoms with E-state index in [9.17, 15) is 13.2 Å². The van der Waals surface area contributed by atoms with Gasteiger partial charge in [-0.3, -0.25) is 4.79 Å². The summed E-state index contributed by atoms with van der Waals surface area (Å²) in [5.41, 5.74) is 0. The Balaban J connectivity index is 2.06. The number of piperazine rings is 1. The van der Waals surface area contributed by atoms with Gasteiger partial charge in [0.25, 0.3) is 0 Å². The number of sulfonamides is 1. The molecule has 1 fully saturated rings. The molecule has 1 aromatic carbocycles. The second kappa shape index (κ2) is 12.2. The Labute approximate surface area is 180 Å². The van der Waals surface area contributed by atoms with Gasteiger partial charge >= 0.3 is 0 Å². The largest absolute Gasteiger partial charge is 0.494 e. The fourth-order valence-electron chi connectivity index (χ4n) is 3.23. The number of carbonyl (C=O) groups is 1. The van der Waals surface area contributed by atoms with Crippen molar-refractivity contribution in [3.8, 4) is 5.75 Å². The minimum atomic E-state index is -3.72. The van der Waals surface area contributed by atoms with Crippen molar-refractivity contribution in [3.05, 3.63) is 24.3 Å². The molecule has 1 saturated heterocycles.